The van der Waals surface area contributed by atoms with Crippen LogP contribution in [0.25, 0.3) is 0 Å². The van der Waals surface area contributed by atoms with Gasteiger partial charge in [-0.25, -0.2) is 4.68 Å². The molecule has 0 unspecified atom stereocenters. The zero-order chi connectivity index (χ0) is 14.2. The number of nitrogens with one attached hydrogen (secondary N) is 1. The minimum Gasteiger partial charge on any atom is -0.310 e. The lowest BCUT2D eigenvalue weighted by atomic mass is 10.2. The zero-order valence-corrected chi connectivity index (χ0v) is 13.9. The van der Waals surface area contributed by atoms with Crippen molar-refractivity contribution in [3.05, 3.63) is 28.2 Å². The molecule has 2 aliphatic carbocycles. The van der Waals surface area contributed by atoms with Gasteiger partial charge in [0.05, 0.1) is 6.04 Å². The summed E-state index contributed by atoms with van der Waals surface area (Å²) in [7, 11) is 0. The quantitative estimate of drug-likeness (QED) is 0.851. The van der Waals surface area contributed by atoms with E-state index < -0.39 is 0 Å². The van der Waals surface area contributed by atoms with Crippen molar-refractivity contribution >= 4 is 27.7 Å². The molecule has 21 heavy (non-hydrogen) atoms. The fourth-order valence-corrected chi connectivity index (χ4v) is 3.59. The molecule has 1 aromatic carbocycles. The van der Waals surface area contributed by atoms with E-state index >= 15 is 0 Å². The van der Waals surface area contributed by atoms with Crippen LogP contribution in [0.2, 0.25) is 0 Å². The summed E-state index contributed by atoms with van der Waals surface area (Å²) in [6, 6.07) is 7.62. The summed E-state index contributed by atoms with van der Waals surface area (Å²) in [5.41, 5.74) is 1.30. The third-order valence-corrected chi connectivity index (χ3v) is 5.30. The normalized spacial score (nSPS) is 18.1. The second-order valence-corrected chi connectivity index (χ2v) is 7.57. The number of halogens is 1. The van der Waals surface area contributed by atoms with Crippen molar-refractivity contribution in [2.75, 3.05) is 0 Å². The van der Waals surface area contributed by atoms with Gasteiger partial charge >= 0.3 is 0 Å². The highest BCUT2D eigenvalue weighted by molar-refractivity contribution is 9.10. The molecule has 0 spiro atoms. The number of aromatic nitrogens is 4. The predicted octanol–water partition coefficient (Wildman–Crippen LogP) is 3.17. The lowest BCUT2D eigenvalue weighted by Gasteiger charge is -2.10. The molecule has 4 rings (SSSR count). The van der Waals surface area contributed by atoms with Crippen molar-refractivity contribution in [1.29, 1.82) is 0 Å². The van der Waals surface area contributed by atoms with Gasteiger partial charge in [-0.15, -0.1) is 5.10 Å². The van der Waals surface area contributed by atoms with Gasteiger partial charge in [-0.3, -0.25) is 0 Å². The average molecular weight is 366 g/mol. The van der Waals surface area contributed by atoms with Gasteiger partial charge < -0.3 is 5.32 Å². The highest BCUT2D eigenvalue weighted by Gasteiger charge is 2.28. The average Bonchev–Trinajstić information content (AvgIpc) is 3.40. The third-order valence-electron chi connectivity index (χ3n) is 3.74. The minimum absolute atomic E-state index is 0.506. The van der Waals surface area contributed by atoms with E-state index in [2.05, 4.69) is 55.0 Å². The molecule has 2 aliphatic rings. The first-order chi connectivity index (χ1) is 10.3. The van der Waals surface area contributed by atoms with Crippen LogP contribution in [-0.4, -0.2) is 26.2 Å². The van der Waals surface area contributed by atoms with Crippen molar-refractivity contribution in [1.82, 2.24) is 25.5 Å². The molecule has 0 saturated heterocycles. The fourth-order valence-electron chi connectivity index (χ4n) is 2.23. The van der Waals surface area contributed by atoms with E-state index in [-0.39, 0.29) is 0 Å². The van der Waals surface area contributed by atoms with E-state index in [1.165, 1.54) is 36.1 Å². The monoisotopic (exact) mass is 365 g/mol. The van der Waals surface area contributed by atoms with Gasteiger partial charge in [-0.05, 0) is 71.6 Å². The maximum Gasteiger partial charge on any atom is 0.214 e. The first-order valence-corrected chi connectivity index (χ1v) is 8.88. The Hall–Kier alpha value is -0.920. The number of hydrogen-bond acceptors (Lipinski definition) is 5. The molecule has 2 fully saturated rings. The van der Waals surface area contributed by atoms with E-state index in [0.29, 0.717) is 12.1 Å². The zero-order valence-electron chi connectivity index (χ0n) is 11.5. The number of rotatable bonds is 6. The molecule has 1 aromatic heterocycles. The van der Waals surface area contributed by atoms with Crippen molar-refractivity contribution in [3.8, 4) is 0 Å². The van der Waals surface area contributed by atoms with Crippen molar-refractivity contribution < 1.29 is 0 Å². The van der Waals surface area contributed by atoms with E-state index in [9.17, 15) is 0 Å². The Morgan fingerprint density at radius 3 is 2.90 bits per heavy atom. The summed E-state index contributed by atoms with van der Waals surface area (Å²) < 4.78 is 3.08. The van der Waals surface area contributed by atoms with Crippen LogP contribution in [0.15, 0.2) is 32.7 Å². The van der Waals surface area contributed by atoms with Gasteiger partial charge in [0, 0.05) is 22.0 Å². The molecule has 1 heterocycles. The predicted molar refractivity (Wildman–Crippen MR) is 84.2 cm³/mol. The molecule has 0 radical (unpaired) electrons. The Morgan fingerprint density at radius 1 is 1.29 bits per heavy atom. The van der Waals surface area contributed by atoms with Crippen molar-refractivity contribution in [2.45, 2.75) is 54.4 Å². The molecule has 2 saturated carbocycles. The van der Waals surface area contributed by atoms with Crippen molar-refractivity contribution in [2.24, 2.45) is 0 Å². The van der Waals surface area contributed by atoms with Gasteiger partial charge in [0.1, 0.15) is 0 Å². The number of tetrazole rings is 1. The molecule has 0 bridgehead atoms. The molecule has 0 aliphatic heterocycles. The van der Waals surface area contributed by atoms with Crippen molar-refractivity contribution in [3.63, 3.8) is 0 Å². The summed E-state index contributed by atoms with van der Waals surface area (Å²) in [6.07, 6.45) is 4.98. The maximum atomic E-state index is 4.18. The van der Waals surface area contributed by atoms with Crippen LogP contribution in [0.3, 0.4) is 0 Å². The number of hydrogen-bond donors (Lipinski definition) is 1. The largest absolute Gasteiger partial charge is 0.310 e. The smallest absolute Gasteiger partial charge is 0.214 e. The van der Waals surface area contributed by atoms with Gasteiger partial charge in [0.2, 0.25) is 5.16 Å². The van der Waals surface area contributed by atoms with Crippen LogP contribution in [0.5, 0.6) is 0 Å². The van der Waals surface area contributed by atoms with Crippen LogP contribution in [0, 0.1) is 0 Å². The Morgan fingerprint density at radius 2 is 2.14 bits per heavy atom. The maximum absolute atomic E-state index is 4.18. The lowest BCUT2D eigenvalue weighted by molar-refractivity contribution is 0.565. The van der Waals surface area contributed by atoms with Gasteiger partial charge in [-0.1, -0.05) is 15.9 Å². The fraction of sp³-hybridized carbons (Fsp3) is 0.500. The molecular formula is C14H16BrN5S. The van der Waals surface area contributed by atoms with Crippen LogP contribution in [-0.2, 0) is 6.54 Å². The van der Waals surface area contributed by atoms with Crippen LogP contribution >= 0.6 is 27.7 Å². The SMILES string of the molecule is Brc1ccc(Sc2nnnn2C2CC2)c(CNC2CC2)c1. The Kier molecular flexibility index (Phi) is 3.72. The van der Waals surface area contributed by atoms with E-state index in [0.717, 1.165) is 16.2 Å². The molecule has 0 amide bonds. The highest BCUT2D eigenvalue weighted by Crippen LogP contribution is 2.39. The summed E-state index contributed by atoms with van der Waals surface area (Å²) in [5.74, 6) is 0. The molecule has 7 heteroatoms. The molecule has 110 valence electrons. The van der Waals surface area contributed by atoms with Gasteiger partial charge in [-0.2, -0.15) is 0 Å². The molecular weight excluding hydrogens is 350 g/mol. The third kappa shape index (κ3) is 3.30. The Labute approximate surface area is 136 Å². The first-order valence-electron chi connectivity index (χ1n) is 7.27. The lowest BCUT2D eigenvalue weighted by Crippen LogP contribution is -2.15. The summed E-state index contributed by atoms with van der Waals surface area (Å²) in [6.45, 7) is 0.900. The first kappa shape index (κ1) is 13.7. The topological polar surface area (TPSA) is 55.6 Å². The number of nitrogens with zero attached hydrogens (tertiary/aromatic N) is 4. The van der Waals surface area contributed by atoms with Crippen LogP contribution in [0.1, 0.15) is 37.3 Å². The Bertz CT molecular complexity index is 651. The summed E-state index contributed by atoms with van der Waals surface area (Å²) >= 11 is 5.22. The van der Waals surface area contributed by atoms with Crippen LogP contribution in [0.4, 0.5) is 0 Å². The second-order valence-electron chi connectivity index (χ2n) is 5.65. The van der Waals surface area contributed by atoms with Gasteiger partial charge in [0.25, 0.3) is 0 Å². The van der Waals surface area contributed by atoms with E-state index in [4.69, 9.17) is 0 Å². The standard InChI is InChI=1S/C14H16BrN5S/c15-10-1-6-13(9(7-10)8-16-11-2-3-11)21-14-17-18-19-20(14)12-4-5-12/h1,6-7,11-12,16H,2-5,8H2. The molecule has 0 atom stereocenters. The molecule has 1 N–H and O–H groups in total. The minimum atomic E-state index is 0.506. The van der Waals surface area contributed by atoms with Gasteiger partial charge in [0.15, 0.2) is 0 Å². The van der Waals surface area contributed by atoms with E-state index in [1.807, 2.05) is 4.68 Å². The van der Waals surface area contributed by atoms with E-state index in [1.54, 1.807) is 11.8 Å². The number of benzene rings is 1. The highest BCUT2D eigenvalue weighted by atomic mass is 79.9. The van der Waals surface area contributed by atoms with Crippen LogP contribution < -0.4 is 5.32 Å². The summed E-state index contributed by atoms with van der Waals surface area (Å²) in [4.78, 5) is 1.23. The summed E-state index contributed by atoms with van der Waals surface area (Å²) in [5, 5.41) is 16.6. The molecule has 5 nitrogen and oxygen atoms in total. The molecule has 2 aromatic rings. The Balaban J connectivity index is 1.56. The second kappa shape index (κ2) is 5.70.